The Bertz CT molecular complexity index is 960. The SMILES string of the molecule is O=C1NC(=O)N(c2cccc3ccccc23)C(=O)[C@@H]1C=NCC[NH+]1CCCCC1. The maximum absolute atomic E-state index is 13.0. The van der Waals surface area contributed by atoms with Crippen molar-refractivity contribution in [2.24, 2.45) is 10.9 Å². The van der Waals surface area contributed by atoms with Gasteiger partial charge in [0, 0.05) is 11.6 Å². The van der Waals surface area contributed by atoms with Gasteiger partial charge in [-0.3, -0.25) is 19.9 Å². The lowest BCUT2D eigenvalue weighted by atomic mass is 10.0. The molecule has 2 aromatic carbocycles. The monoisotopic (exact) mass is 393 g/mol. The Morgan fingerprint density at radius 2 is 1.79 bits per heavy atom. The molecule has 7 nitrogen and oxygen atoms in total. The van der Waals surface area contributed by atoms with Gasteiger partial charge in [0.15, 0.2) is 5.92 Å². The first kappa shape index (κ1) is 19.3. The number of aliphatic imine (C=N–C) groups is 1. The maximum Gasteiger partial charge on any atom is 0.335 e. The molecular formula is C22H25N4O3+. The minimum absolute atomic E-state index is 0.467. The van der Waals surface area contributed by atoms with Crippen molar-refractivity contribution in [3.05, 3.63) is 42.5 Å². The molecule has 29 heavy (non-hydrogen) atoms. The largest absolute Gasteiger partial charge is 0.335 e. The van der Waals surface area contributed by atoms with Crippen LogP contribution in [0, 0.1) is 5.92 Å². The van der Waals surface area contributed by atoms with Crippen LogP contribution in [-0.2, 0) is 9.59 Å². The van der Waals surface area contributed by atoms with Crippen molar-refractivity contribution in [3.63, 3.8) is 0 Å². The fourth-order valence-electron chi connectivity index (χ4n) is 4.06. The Labute approximate surface area is 169 Å². The summed E-state index contributed by atoms with van der Waals surface area (Å²) in [5.74, 6) is -2.28. The second-order valence-electron chi connectivity index (χ2n) is 7.56. The van der Waals surface area contributed by atoms with Crippen LogP contribution in [0.2, 0.25) is 0 Å². The molecule has 0 bridgehead atoms. The van der Waals surface area contributed by atoms with Gasteiger partial charge in [-0.25, -0.2) is 9.69 Å². The number of amides is 4. The number of carbonyl (C=O) groups is 3. The summed E-state index contributed by atoms with van der Waals surface area (Å²) in [6.07, 6.45) is 5.17. The molecule has 7 heteroatoms. The first-order valence-corrected chi connectivity index (χ1v) is 10.2. The van der Waals surface area contributed by atoms with Gasteiger partial charge in [-0.2, -0.15) is 0 Å². The molecule has 0 aromatic heterocycles. The number of carbonyl (C=O) groups excluding carboxylic acids is 3. The van der Waals surface area contributed by atoms with Crippen LogP contribution in [0.5, 0.6) is 0 Å². The van der Waals surface area contributed by atoms with Gasteiger partial charge in [-0.1, -0.05) is 36.4 Å². The van der Waals surface area contributed by atoms with E-state index in [0.717, 1.165) is 35.3 Å². The predicted molar refractivity (Wildman–Crippen MR) is 111 cm³/mol. The molecule has 2 aliphatic rings. The van der Waals surface area contributed by atoms with Crippen LogP contribution in [0.3, 0.4) is 0 Å². The van der Waals surface area contributed by atoms with E-state index in [0.29, 0.717) is 12.2 Å². The van der Waals surface area contributed by atoms with Crippen molar-refractivity contribution in [2.45, 2.75) is 19.3 Å². The molecule has 4 amide bonds. The zero-order valence-corrected chi connectivity index (χ0v) is 16.3. The summed E-state index contributed by atoms with van der Waals surface area (Å²) in [5.41, 5.74) is 0.467. The Morgan fingerprint density at radius 3 is 2.62 bits per heavy atom. The Balaban J connectivity index is 1.52. The smallest absolute Gasteiger partial charge is 0.333 e. The van der Waals surface area contributed by atoms with Crippen molar-refractivity contribution in [3.8, 4) is 0 Å². The molecule has 150 valence electrons. The van der Waals surface area contributed by atoms with Crippen molar-refractivity contribution < 1.29 is 19.3 Å². The van der Waals surface area contributed by atoms with E-state index in [1.54, 1.807) is 12.1 Å². The highest BCUT2D eigenvalue weighted by molar-refractivity contribution is 6.33. The van der Waals surface area contributed by atoms with E-state index in [1.165, 1.54) is 30.4 Å². The molecular weight excluding hydrogens is 368 g/mol. The third-order valence-electron chi connectivity index (χ3n) is 5.62. The predicted octanol–water partition coefficient (Wildman–Crippen LogP) is 1.18. The Morgan fingerprint density at radius 1 is 1.03 bits per heavy atom. The summed E-state index contributed by atoms with van der Waals surface area (Å²) in [6, 6.07) is 12.2. The van der Waals surface area contributed by atoms with E-state index in [2.05, 4.69) is 10.3 Å². The Kier molecular flexibility index (Phi) is 5.67. The number of rotatable bonds is 5. The number of imide groups is 2. The van der Waals surface area contributed by atoms with Gasteiger partial charge >= 0.3 is 6.03 Å². The zero-order valence-electron chi connectivity index (χ0n) is 16.3. The molecule has 2 aromatic rings. The fourth-order valence-corrected chi connectivity index (χ4v) is 4.06. The number of anilines is 1. The van der Waals surface area contributed by atoms with Gasteiger partial charge in [0.25, 0.3) is 5.91 Å². The number of quaternary nitrogens is 1. The van der Waals surface area contributed by atoms with Gasteiger partial charge in [0.1, 0.15) is 0 Å². The molecule has 0 aliphatic carbocycles. The first-order chi connectivity index (χ1) is 14.1. The minimum atomic E-state index is -1.09. The summed E-state index contributed by atoms with van der Waals surface area (Å²) in [4.78, 5) is 44.7. The van der Waals surface area contributed by atoms with Gasteiger partial charge < -0.3 is 4.90 Å². The highest BCUT2D eigenvalue weighted by Crippen LogP contribution is 2.29. The van der Waals surface area contributed by atoms with Crippen molar-refractivity contribution in [2.75, 3.05) is 31.1 Å². The molecule has 0 unspecified atom stereocenters. The number of piperidine rings is 1. The van der Waals surface area contributed by atoms with Gasteiger partial charge in [-0.15, -0.1) is 0 Å². The summed E-state index contributed by atoms with van der Waals surface area (Å²) in [5, 5.41) is 3.98. The topological polar surface area (TPSA) is 83.3 Å². The maximum atomic E-state index is 13.0. The average molecular weight is 393 g/mol. The van der Waals surface area contributed by atoms with E-state index < -0.39 is 23.8 Å². The summed E-state index contributed by atoms with van der Waals surface area (Å²) in [7, 11) is 0. The average Bonchev–Trinajstić information content (AvgIpc) is 2.74. The molecule has 2 heterocycles. The van der Waals surface area contributed by atoms with Gasteiger partial charge in [0.05, 0.1) is 31.9 Å². The zero-order chi connectivity index (χ0) is 20.2. The first-order valence-electron chi connectivity index (χ1n) is 10.2. The molecule has 2 saturated heterocycles. The molecule has 4 rings (SSSR count). The molecule has 0 spiro atoms. The van der Waals surface area contributed by atoms with Crippen LogP contribution < -0.4 is 15.1 Å². The number of hydrogen-bond donors (Lipinski definition) is 2. The minimum Gasteiger partial charge on any atom is -0.333 e. The van der Waals surface area contributed by atoms with Crippen LogP contribution in [0.4, 0.5) is 10.5 Å². The van der Waals surface area contributed by atoms with E-state index in [4.69, 9.17) is 0 Å². The number of fused-ring (bicyclic) bond motifs is 1. The Hall–Kier alpha value is -3.06. The number of barbiturate groups is 1. The highest BCUT2D eigenvalue weighted by atomic mass is 16.2. The lowest BCUT2D eigenvalue weighted by Crippen LogP contribution is -3.13. The molecule has 2 aliphatic heterocycles. The van der Waals surface area contributed by atoms with E-state index in [-0.39, 0.29) is 0 Å². The number of nitrogens with zero attached hydrogens (tertiary/aromatic N) is 2. The quantitative estimate of drug-likeness (QED) is 0.591. The fraction of sp³-hybridized carbons (Fsp3) is 0.364. The second-order valence-corrected chi connectivity index (χ2v) is 7.56. The van der Waals surface area contributed by atoms with E-state index in [9.17, 15) is 14.4 Å². The standard InChI is InChI=1S/C22H24N4O3/c27-20-18(15-23-11-14-25-12-4-1-5-13-25)21(28)26(22(29)24-20)19-10-6-8-16-7-2-3-9-17(16)19/h2-3,6-10,15,18H,1,4-5,11-14H2,(H,24,27,29)/p+1/t18-/m1/s1. The van der Waals surface area contributed by atoms with Crippen LogP contribution in [0.1, 0.15) is 19.3 Å². The van der Waals surface area contributed by atoms with E-state index >= 15 is 0 Å². The molecule has 0 saturated carbocycles. The third-order valence-corrected chi connectivity index (χ3v) is 5.62. The van der Waals surface area contributed by atoms with E-state index in [1.807, 2.05) is 30.3 Å². The lowest BCUT2D eigenvalue weighted by Gasteiger charge is -2.29. The highest BCUT2D eigenvalue weighted by Gasteiger charge is 2.40. The molecule has 1 atom stereocenters. The van der Waals surface area contributed by atoms with Crippen LogP contribution in [0.25, 0.3) is 10.8 Å². The lowest BCUT2D eigenvalue weighted by molar-refractivity contribution is -0.903. The molecule has 0 radical (unpaired) electrons. The third kappa shape index (κ3) is 4.05. The number of benzene rings is 2. The van der Waals surface area contributed by atoms with Gasteiger partial charge in [0.2, 0.25) is 5.91 Å². The van der Waals surface area contributed by atoms with Gasteiger partial charge in [-0.05, 0) is 30.7 Å². The number of urea groups is 1. The van der Waals surface area contributed by atoms with Crippen LogP contribution >= 0.6 is 0 Å². The molecule has 2 fully saturated rings. The van der Waals surface area contributed by atoms with Crippen LogP contribution in [-0.4, -0.2) is 50.2 Å². The molecule has 2 N–H and O–H groups in total. The summed E-state index contributed by atoms with van der Waals surface area (Å²) >= 11 is 0. The van der Waals surface area contributed by atoms with Crippen molar-refractivity contribution in [1.29, 1.82) is 0 Å². The summed E-state index contributed by atoms with van der Waals surface area (Å²) < 4.78 is 0. The number of hydrogen-bond acceptors (Lipinski definition) is 4. The normalized spacial score (nSPS) is 21.2. The summed E-state index contributed by atoms with van der Waals surface area (Å²) in [6.45, 7) is 3.77. The van der Waals surface area contributed by atoms with Crippen LogP contribution in [0.15, 0.2) is 47.5 Å². The van der Waals surface area contributed by atoms with Crippen molar-refractivity contribution in [1.82, 2.24) is 5.32 Å². The van der Waals surface area contributed by atoms with Crippen molar-refractivity contribution >= 4 is 40.5 Å². The number of likely N-dealkylation sites (tertiary alicyclic amines) is 1. The second kappa shape index (κ2) is 8.53. The number of nitrogens with one attached hydrogen (secondary N) is 2.